The number of aromatic hydroxyl groups is 1. The molecule has 160 valence electrons. The maximum Gasteiger partial charge on any atom is 0.245 e. The third-order valence-corrected chi connectivity index (χ3v) is 6.43. The molecule has 32 heavy (non-hydrogen) atoms. The molecule has 0 spiro atoms. The zero-order valence-electron chi connectivity index (χ0n) is 17.3. The summed E-state index contributed by atoms with van der Waals surface area (Å²) in [6.45, 7) is 0. The molecule has 3 aromatic rings. The van der Waals surface area contributed by atoms with E-state index in [1.54, 1.807) is 41.3 Å². The van der Waals surface area contributed by atoms with E-state index in [4.69, 9.17) is 0 Å². The Morgan fingerprint density at radius 2 is 1.50 bits per heavy atom. The number of halogens is 2. The number of benzene rings is 3. The summed E-state index contributed by atoms with van der Waals surface area (Å²) in [6.07, 6.45) is 2.60. The summed E-state index contributed by atoms with van der Waals surface area (Å²) in [5.74, 6) is 5.26. The lowest BCUT2D eigenvalue weighted by atomic mass is 9.81. The van der Waals surface area contributed by atoms with Crippen LogP contribution in [0, 0.1) is 29.4 Å². The lowest BCUT2D eigenvalue weighted by Gasteiger charge is -2.45. The lowest BCUT2D eigenvalue weighted by Crippen LogP contribution is -2.54. The highest BCUT2D eigenvalue weighted by molar-refractivity contribution is 6.05. The Morgan fingerprint density at radius 1 is 0.906 bits per heavy atom. The SMILES string of the molecule is O=C1[C@H](C#CCC2(c3ccc(F)cc3)CC2)C(c2ccc(O)cc2)N1c1ccc(F)cc1. The van der Waals surface area contributed by atoms with Crippen LogP contribution in [0.1, 0.15) is 36.4 Å². The van der Waals surface area contributed by atoms with Crippen molar-refractivity contribution in [1.29, 1.82) is 0 Å². The smallest absolute Gasteiger partial charge is 0.245 e. The number of rotatable bonds is 4. The van der Waals surface area contributed by atoms with Gasteiger partial charge in [-0.25, -0.2) is 8.78 Å². The molecule has 1 saturated heterocycles. The minimum atomic E-state index is -0.520. The Morgan fingerprint density at radius 3 is 2.09 bits per heavy atom. The van der Waals surface area contributed by atoms with Crippen LogP contribution >= 0.6 is 0 Å². The van der Waals surface area contributed by atoms with Gasteiger partial charge in [0.25, 0.3) is 0 Å². The second kappa shape index (κ2) is 7.80. The van der Waals surface area contributed by atoms with Crippen molar-refractivity contribution in [2.24, 2.45) is 5.92 Å². The molecule has 2 aliphatic rings. The number of hydrogen-bond acceptors (Lipinski definition) is 2. The van der Waals surface area contributed by atoms with Crippen LogP contribution in [0.4, 0.5) is 14.5 Å². The fourth-order valence-electron chi connectivity index (χ4n) is 4.38. The summed E-state index contributed by atoms with van der Waals surface area (Å²) >= 11 is 0. The molecule has 1 aliphatic heterocycles. The second-order valence-corrected chi connectivity index (χ2v) is 8.48. The molecular formula is C27H21F2NO2. The Labute approximate surface area is 185 Å². The normalized spacial score (nSPS) is 20.8. The molecule has 0 aromatic heterocycles. The number of hydrogen-bond donors (Lipinski definition) is 1. The monoisotopic (exact) mass is 429 g/mol. The molecule has 1 heterocycles. The number of phenols is 1. The van der Waals surface area contributed by atoms with Crippen LogP contribution in [0.5, 0.6) is 5.75 Å². The van der Waals surface area contributed by atoms with E-state index < -0.39 is 5.92 Å². The largest absolute Gasteiger partial charge is 0.508 e. The van der Waals surface area contributed by atoms with Crippen molar-refractivity contribution in [2.45, 2.75) is 30.7 Å². The van der Waals surface area contributed by atoms with E-state index in [-0.39, 0.29) is 34.7 Å². The van der Waals surface area contributed by atoms with Gasteiger partial charge in [-0.15, -0.1) is 5.92 Å². The van der Waals surface area contributed by atoms with Gasteiger partial charge in [0, 0.05) is 17.5 Å². The van der Waals surface area contributed by atoms with Gasteiger partial charge < -0.3 is 10.0 Å². The Bertz CT molecular complexity index is 1200. The van der Waals surface area contributed by atoms with Gasteiger partial charge in [-0.3, -0.25) is 4.79 Å². The highest BCUT2D eigenvalue weighted by Crippen LogP contribution is 2.51. The maximum absolute atomic E-state index is 13.4. The van der Waals surface area contributed by atoms with Gasteiger partial charge in [-0.1, -0.05) is 30.2 Å². The van der Waals surface area contributed by atoms with E-state index in [0.29, 0.717) is 12.1 Å². The summed E-state index contributed by atoms with van der Waals surface area (Å²) in [5.41, 5.74) is 2.48. The fraction of sp³-hybridized carbons (Fsp3) is 0.222. The molecule has 5 heteroatoms. The number of phenolic OH excluding ortho intramolecular Hbond substituents is 1. The zero-order chi connectivity index (χ0) is 22.3. The van der Waals surface area contributed by atoms with Crippen molar-refractivity contribution in [3.63, 3.8) is 0 Å². The van der Waals surface area contributed by atoms with Gasteiger partial charge in [0.15, 0.2) is 0 Å². The van der Waals surface area contributed by atoms with Crippen LogP contribution < -0.4 is 4.90 Å². The third kappa shape index (κ3) is 3.62. The molecule has 0 radical (unpaired) electrons. The minimum absolute atomic E-state index is 0.0574. The van der Waals surface area contributed by atoms with Crippen molar-refractivity contribution in [3.8, 4) is 17.6 Å². The highest BCUT2D eigenvalue weighted by Gasteiger charge is 2.48. The minimum Gasteiger partial charge on any atom is -0.508 e. The molecule has 3 nitrogen and oxygen atoms in total. The number of β-lactam (4-membered cyclic amide) rings is 1. The van der Waals surface area contributed by atoms with Crippen LogP contribution in [0.3, 0.4) is 0 Å². The summed E-state index contributed by atoms with van der Waals surface area (Å²) < 4.78 is 26.7. The standard InChI is InChI=1S/C27H21F2NO2/c28-20-7-5-19(6-8-20)27(16-17-27)15-1-2-24-25(18-3-13-23(31)14-4-18)30(26(24)32)22-11-9-21(29)10-12-22/h3-14,24-25,31H,15-17H2/t24-,25?/m1/s1. The molecule has 2 fully saturated rings. The van der Waals surface area contributed by atoms with Gasteiger partial charge in [0.1, 0.15) is 23.3 Å². The van der Waals surface area contributed by atoms with Crippen molar-refractivity contribution in [3.05, 3.63) is 95.6 Å². The first-order chi connectivity index (χ1) is 15.5. The van der Waals surface area contributed by atoms with E-state index in [9.17, 15) is 18.7 Å². The topological polar surface area (TPSA) is 40.5 Å². The molecule has 1 unspecified atom stereocenters. The van der Waals surface area contributed by atoms with Gasteiger partial charge >= 0.3 is 0 Å². The first-order valence-corrected chi connectivity index (χ1v) is 10.6. The van der Waals surface area contributed by atoms with Crippen molar-refractivity contribution in [2.75, 3.05) is 4.90 Å². The van der Waals surface area contributed by atoms with Gasteiger partial charge in [-0.2, -0.15) is 0 Å². The summed E-state index contributed by atoms with van der Waals surface area (Å²) in [5, 5.41) is 9.65. The number of amides is 1. The van der Waals surface area contributed by atoms with Crippen LogP contribution in [0.15, 0.2) is 72.8 Å². The van der Waals surface area contributed by atoms with E-state index >= 15 is 0 Å². The van der Waals surface area contributed by atoms with E-state index in [0.717, 1.165) is 24.0 Å². The van der Waals surface area contributed by atoms with Gasteiger partial charge in [-0.05, 0) is 72.5 Å². The first kappa shape index (κ1) is 20.3. The number of carbonyl (C=O) groups is 1. The van der Waals surface area contributed by atoms with Crippen LogP contribution in [-0.2, 0) is 10.2 Å². The maximum atomic E-state index is 13.4. The summed E-state index contributed by atoms with van der Waals surface area (Å²) in [6, 6.07) is 18.8. The number of anilines is 1. The predicted octanol–water partition coefficient (Wildman–Crippen LogP) is 5.50. The van der Waals surface area contributed by atoms with Gasteiger partial charge in [0.05, 0.1) is 6.04 Å². The Hall–Kier alpha value is -3.65. The third-order valence-electron chi connectivity index (χ3n) is 6.43. The van der Waals surface area contributed by atoms with Crippen LogP contribution in [0.2, 0.25) is 0 Å². The molecule has 1 N–H and O–H groups in total. The summed E-state index contributed by atoms with van der Waals surface area (Å²) in [7, 11) is 0. The molecule has 1 amide bonds. The van der Waals surface area contributed by atoms with E-state index in [1.807, 2.05) is 12.1 Å². The second-order valence-electron chi connectivity index (χ2n) is 8.48. The molecule has 5 rings (SSSR count). The first-order valence-electron chi connectivity index (χ1n) is 10.6. The Kier molecular flexibility index (Phi) is 4.94. The van der Waals surface area contributed by atoms with Gasteiger partial charge in [0.2, 0.25) is 5.91 Å². The molecule has 1 aliphatic carbocycles. The molecule has 2 atom stereocenters. The number of nitrogens with zero attached hydrogens (tertiary/aromatic N) is 1. The molecular weight excluding hydrogens is 408 g/mol. The van der Waals surface area contributed by atoms with E-state index in [2.05, 4.69) is 11.8 Å². The lowest BCUT2D eigenvalue weighted by molar-refractivity contribution is -0.127. The average molecular weight is 429 g/mol. The Balaban J connectivity index is 1.40. The fourth-order valence-corrected chi connectivity index (χ4v) is 4.38. The van der Waals surface area contributed by atoms with Crippen LogP contribution in [0.25, 0.3) is 0 Å². The zero-order valence-corrected chi connectivity index (χ0v) is 17.3. The predicted molar refractivity (Wildman–Crippen MR) is 118 cm³/mol. The van der Waals surface area contributed by atoms with Crippen LogP contribution in [-0.4, -0.2) is 11.0 Å². The molecule has 3 aromatic carbocycles. The highest BCUT2D eigenvalue weighted by atomic mass is 19.1. The quantitative estimate of drug-likeness (QED) is 0.440. The average Bonchev–Trinajstić information content (AvgIpc) is 3.58. The number of carbonyl (C=O) groups excluding carboxylic acids is 1. The summed E-state index contributed by atoms with van der Waals surface area (Å²) in [4.78, 5) is 14.6. The van der Waals surface area contributed by atoms with Crippen molar-refractivity contribution >= 4 is 11.6 Å². The van der Waals surface area contributed by atoms with Crippen molar-refractivity contribution in [1.82, 2.24) is 0 Å². The molecule has 1 saturated carbocycles. The van der Waals surface area contributed by atoms with E-state index in [1.165, 1.54) is 24.3 Å². The molecule has 0 bridgehead atoms. The van der Waals surface area contributed by atoms with Crippen molar-refractivity contribution < 1.29 is 18.7 Å².